The summed E-state index contributed by atoms with van der Waals surface area (Å²) in [5, 5.41) is 10.4. The molecule has 0 atom stereocenters. The van der Waals surface area contributed by atoms with Crippen LogP contribution in [0.1, 0.15) is 18.1 Å². The number of H-pyrrole nitrogens is 1. The monoisotopic (exact) mass is 309 g/mol. The molecule has 1 aromatic carbocycles. The maximum Gasteiger partial charge on any atom is 0.249 e. The summed E-state index contributed by atoms with van der Waals surface area (Å²) in [6, 6.07) is 5.10. The predicted molar refractivity (Wildman–Crippen MR) is 82.1 cm³/mol. The molecule has 0 saturated heterocycles. The highest BCUT2D eigenvalue weighted by Crippen LogP contribution is 2.22. The minimum atomic E-state index is -0.255. The molecule has 0 aliphatic carbocycles. The highest BCUT2D eigenvalue weighted by molar-refractivity contribution is 6.35. The van der Waals surface area contributed by atoms with Crippen molar-refractivity contribution in [2.75, 3.05) is 5.32 Å². The van der Waals surface area contributed by atoms with Crippen molar-refractivity contribution in [3.05, 3.63) is 51.6 Å². The second-order valence-corrected chi connectivity index (χ2v) is 4.96. The number of carbonyl (C=O) groups is 1. The average molecular weight is 310 g/mol. The summed E-state index contributed by atoms with van der Waals surface area (Å²) in [5.41, 5.74) is 1.68. The third-order valence-electron chi connectivity index (χ3n) is 2.72. The van der Waals surface area contributed by atoms with Gasteiger partial charge in [-0.05, 0) is 30.2 Å². The van der Waals surface area contributed by atoms with Gasteiger partial charge in [-0.15, -0.1) is 0 Å². The number of carbonyl (C=O) groups excluding carboxylic acids is 1. The summed E-state index contributed by atoms with van der Waals surface area (Å²) in [7, 11) is 0. The molecule has 0 aliphatic rings. The third-order valence-corrected chi connectivity index (χ3v) is 3.29. The molecule has 1 amide bonds. The first-order chi connectivity index (χ1) is 9.60. The van der Waals surface area contributed by atoms with Gasteiger partial charge in [0.05, 0.1) is 6.20 Å². The van der Waals surface area contributed by atoms with Crippen LogP contribution in [0, 0.1) is 0 Å². The van der Waals surface area contributed by atoms with Crippen molar-refractivity contribution in [1.29, 1.82) is 0 Å². The smallest absolute Gasteiger partial charge is 0.249 e. The summed E-state index contributed by atoms with van der Waals surface area (Å²) < 4.78 is 0. The molecule has 0 bridgehead atoms. The summed E-state index contributed by atoms with van der Waals surface area (Å²) in [5.74, 6) is 0.360. The molecule has 0 aliphatic heterocycles. The lowest BCUT2D eigenvalue weighted by molar-refractivity contribution is -0.111. The summed E-state index contributed by atoms with van der Waals surface area (Å²) >= 11 is 11.8. The fourth-order valence-corrected chi connectivity index (χ4v) is 2.13. The van der Waals surface area contributed by atoms with Crippen LogP contribution in [0.2, 0.25) is 10.0 Å². The van der Waals surface area contributed by atoms with Gasteiger partial charge in [-0.1, -0.05) is 36.2 Å². The van der Waals surface area contributed by atoms with Crippen molar-refractivity contribution in [3.63, 3.8) is 0 Å². The lowest BCUT2D eigenvalue weighted by atomic mass is 10.2. The van der Waals surface area contributed by atoms with Crippen LogP contribution < -0.4 is 5.32 Å². The fourth-order valence-electron chi connectivity index (χ4n) is 1.65. The Labute approximate surface area is 126 Å². The Morgan fingerprint density at radius 2 is 2.25 bits per heavy atom. The molecule has 4 nitrogen and oxygen atoms in total. The standard InChI is InChI=1S/C14H13Cl2N3O/c1-2-9-8-17-19-14(9)18-13(20)6-4-10-3-5-11(15)7-12(10)16/h3-8H,2H2,1H3,(H2,17,18,19,20)/b6-4+. The highest BCUT2D eigenvalue weighted by atomic mass is 35.5. The number of nitrogens with one attached hydrogen (secondary N) is 2. The molecule has 2 aromatic rings. The van der Waals surface area contributed by atoms with E-state index < -0.39 is 0 Å². The Balaban J connectivity index is 2.06. The van der Waals surface area contributed by atoms with Gasteiger partial charge < -0.3 is 5.32 Å². The van der Waals surface area contributed by atoms with Crippen LogP contribution in [-0.4, -0.2) is 16.1 Å². The molecular formula is C14H13Cl2N3O. The van der Waals surface area contributed by atoms with Crippen molar-refractivity contribution in [3.8, 4) is 0 Å². The minimum Gasteiger partial charge on any atom is -0.307 e. The van der Waals surface area contributed by atoms with Gasteiger partial charge in [-0.3, -0.25) is 9.89 Å². The van der Waals surface area contributed by atoms with E-state index in [4.69, 9.17) is 23.2 Å². The van der Waals surface area contributed by atoms with Crippen LogP contribution in [0.25, 0.3) is 6.08 Å². The Kier molecular flexibility index (Phi) is 4.82. The lowest BCUT2D eigenvalue weighted by Crippen LogP contribution is -2.09. The van der Waals surface area contributed by atoms with Gasteiger partial charge in [-0.25, -0.2) is 0 Å². The van der Waals surface area contributed by atoms with Crippen LogP contribution in [0.5, 0.6) is 0 Å². The van der Waals surface area contributed by atoms with Crippen LogP contribution in [0.15, 0.2) is 30.5 Å². The normalized spacial score (nSPS) is 10.9. The molecule has 6 heteroatoms. The van der Waals surface area contributed by atoms with E-state index in [9.17, 15) is 4.79 Å². The molecule has 0 unspecified atom stereocenters. The highest BCUT2D eigenvalue weighted by Gasteiger charge is 2.05. The first kappa shape index (κ1) is 14.6. The number of aromatic amines is 1. The first-order valence-electron chi connectivity index (χ1n) is 6.06. The lowest BCUT2D eigenvalue weighted by Gasteiger charge is -2.01. The van der Waals surface area contributed by atoms with Gasteiger partial charge >= 0.3 is 0 Å². The molecule has 2 N–H and O–H groups in total. The first-order valence-corrected chi connectivity index (χ1v) is 6.82. The summed E-state index contributed by atoms with van der Waals surface area (Å²) in [4.78, 5) is 11.8. The molecule has 0 spiro atoms. The number of aromatic nitrogens is 2. The van der Waals surface area contributed by atoms with Gasteiger partial charge in [0, 0.05) is 21.7 Å². The van der Waals surface area contributed by atoms with Gasteiger partial charge in [0.15, 0.2) is 0 Å². The second kappa shape index (κ2) is 6.59. The van der Waals surface area contributed by atoms with E-state index in [1.54, 1.807) is 30.5 Å². The zero-order valence-corrected chi connectivity index (χ0v) is 12.3. The van der Waals surface area contributed by atoms with Crippen molar-refractivity contribution < 1.29 is 4.79 Å². The second-order valence-electron chi connectivity index (χ2n) is 4.11. The molecule has 0 radical (unpaired) electrons. The van der Waals surface area contributed by atoms with E-state index in [1.807, 2.05) is 6.92 Å². The summed E-state index contributed by atoms with van der Waals surface area (Å²) in [6.07, 6.45) is 5.53. The van der Waals surface area contributed by atoms with Gasteiger partial charge in [0.25, 0.3) is 0 Å². The van der Waals surface area contributed by atoms with Crippen molar-refractivity contribution in [2.45, 2.75) is 13.3 Å². The van der Waals surface area contributed by atoms with E-state index in [-0.39, 0.29) is 5.91 Å². The Hall–Kier alpha value is -1.78. The number of hydrogen-bond donors (Lipinski definition) is 2. The van der Waals surface area contributed by atoms with E-state index in [0.29, 0.717) is 15.9 Å². The Bertz CT molecular complexity index is 650. The van der Waals surface area contributed by atoms with Crippen LogP contribution in [0.4, 0.5) is 5.82 Å². The Morgan fingerprint density at radius 3 is 2.95 bits per heavy atom. The fraction of sp³-hybridized carbons (Fsp3) is 0.143. The molecule has 1 heterocycles. The zero-order valence-electron chi connectivity index (χ0n) is 10.8. The largest absolute Gasteiger partial charge is 0.307 e. The van der Waals surface area contributed by atoms with Gasteiger partial charge in [0.2, 0.25) is 5.91 Å². The zero-order chi connectivity index (χ0) is 14.5. The number of nitrogens with zero attached hydrogens (tertiary/aromatic N) is 1. The maximum atomic E-state index is 11.8. The average Bonchev–Trinajstić information content (AvgIpc) is 2.85. The van der Waals surface area contributed by atoms with E-state index in [2.05, 4.69) is 15.5 Å². The molecule has 104 valence electrons. The van der Waals surface area contributed by atoms with Crippen molar-refractivity contribution in [2.24, 2.45) is 0 Å². The van der Waals surface area contributed by atoms with E-state index in [1.165, 1.54) is 6.08 Å². The molecule has 0 saturated carbocycles. The van der Waals surface area contributed by atoms with Crippen LogP contribution >= 0.6 is 23.2 Å². The molecular weight excluding hydrogens is 297 g/mol. The number of rotatable bonds is 4. The number of benzene rings is 1. The SMILES string of the molecule is CCc1cn[nH]c1NC(=O)/C=C/c1ccc(Cl)cc1Cl. The molecule has 20 heavy (non-hydrogen) atoms. The van der Waals surface area contributed by atoms with Crippen LogP contribution in [0.3, 0.4) is 0 Å². The summed E-state index contributed by atoms with van der Waals surface area (Å²) in [6.45, 7) is 1.99. The number of aryl methyl sites for hydroxylation is 1. The van der Waals surface area contributed by atoms with Gasteiger partial charge in [0.1, 0.15) is 5.82 Å². The van der Waals surface area contributed by atoms with Crippen molar-refractivity contribution in [1.82, 2.24) is 10.2 Å². The quantitative estimate of drug-likeness (QED) is 0.841. The number of halogens is 2. The number of anilines is 1. The molecule has 0 fully saturated rings. The van der Waals surface area contributed by atoms with E-state index in [0.717, 1.165) is 17.5 Å². The van der Waals surface area contributed by atoms with Gasteiger partial charge in [-0.2, -0.15) is 5.10 Å². The van der Waals surface area contributed by atoms with Crippen molar-refractivity contribution >= 4 is 41.0 Å². The minimum absolute atomic E-state index is 0.255. The molecule has 1 aromatic heterocycles. The topological polar surface area (TPSA) is 57.8 Å². The molecule has 2 rings (SSSR count). The third kappa shape index (κ3) is 3.62. The number of hydrogen-bond acceptors (Lipinski definition) is 2. The Morgan fingerprint density at radius 1 is 1.45 bits per heavy atom. The maximum absolute atomic E-state index is 11.8. The predicted octanol–water partition coefficient (Wildman–Crippen LogP) is 3.93. The van der Waals surface area contributed by atoms with E-state index >= 15 is 0 Å². The van der Waals surface area contributed by atoms with Crippen LogP contribution in [-0.2, 0) is 11.2 Å². The number of amides is 1.